The summed E-state index contributed by atoms with van der Waals surface area (Å²) in [5, 5.41) is 21.7. The molecule has 0 aromatic heterocycles. The molecule has 0 saturated heterocycles. The van der Waals surface area contributed by atoms with Crippen LogP contribution in [-0.2, 0) is 10.1 Å². The van der Waals surface area contributed by atoms with Crippen molar-refractivity contribution in [3.8, 4) is 5.75 Å². The number of aromatic carboxylic acids is 1. The van der Waals surface area contributed by atoms with E-state index in [1.165, 1.54) is 0 Å². The SMILES string of the molecule is Nc1ccc(S(=O)(=O)O)c(C(=O)[O-])c1[O-].[K+].[K+]. The van der Waals surface area contributed by atoms with Crippen molar-refractivity contribution in [3.63, 3.8) is 0 Å². The fraction of sp³-hybridized carbons (Fsp3) is 0. The Morgan fingerprint density at radius 1 is 1.29 bits per heavy atom. The molecule has 0 aliphatic carbocycles. The van der Waals surface area contributed by atoms with Crippen molar-refractivity contribution in [1.29, 1.82) is 0 Å². The number of nitrogen functional groups attached to an aromatic ring is 1. The molecule has 0 amide bonds. The van der Waals surface area contributed by atoms with Gasteiger partial charge >= 0.3 is 103 Å². The fourth-order valence-electron chi connectivity index (χ4n) is 0.989. The number of benzene rings is 1. The van der Waals surface area contributed by atoms with Gasteiger partial charge in [0.2, 0.25) is 0 Å². The second-order valence-corrected chi connectivity index (χ2v) is 4.01. The summed E-state index contributed by atoms with van der Waals surface area (Å²) in [6.07, 6.45) is 0. The second kappa shape index (κ2) is 7.92. The minimum absolute atomic E-state index is 0. The Kier molecular flexibility index (Phi) is 9.68. The van der Waals surface area contributed by atoms with E-state index in [9.17, 15) is 23.4 Å². The predicted octanol–water partition coefficient (Wildman–Crippen LogP) is -8.04. The Hall–Kier alpha value is 1.47. The summed E-state index contributed by atoms with van der Waals surface area (Å²) < 4.78 is 30.0. The van der Waals surface area contributed by atoms with Gasteiger partial charge in [-0.25, -0.2) is 0 Å². The molecule has 17 heavy (non-hydrogen) atoms. The van der Waals surface area contributed by atoms with Gasteiger partial charge in [0.25, 0.3) is 10.1 Å². The minimum atomic E-state index is -4.79. The summed E-state index contributed by atoms with van der Waals surface area (Å²) in [7, 11) is -4.79. The third-order valence-corrected chi connectivity index (χ3v) is 2.53. The molecule has 0 aliphatic heterocycles. The maximum Gasteiger partial charge on any atom is 1.00 e. The Bertz CT molecular complexity index is 529. The van der Waals surface area contributed by atoms with E-state index in [-0.39, 0.29) is 103 Å². The van der Waals surface area contributed by atoms with Crippen molar-refractivity contribution in [2.75, 3.05) is 5.73 Å². The molecule has 0 bridgehead atoms. The molecule has 1 aromatic rings. The summed E-state index contributed by atoms with van der Waals surface area (Å²) in [5.41, 5.74) is 3.48. The fourth-order valence-corrected chi connectivity index (χ4v) is 1.66. The Morgan fingerprint density at radius 3 is 2.12 bits per heavy atom. The molecule has 1 aromatic carbocycles. The summed E-state index contributed by atoms with van der Waals surface area (Å²) in [6.45, 7) is 0. The van der Waals surface area contributed by atoms with Crippen molar-refractivity contribution < 1.29 is 131 Å². The molecule has 0 aliphatic rings. The first-order valence-corrected chi connectivity index (χ1v) is 4.97. The maximum atomic E-state index is 11.2. The number of anilines is 1. The van der Waals surface area contributed by atoms with Crippen molar-refractivity contribution in [2.24, 2.45) is 0 Å². The topological polar surface area (TPSA) is 144 Å². The van der Waals surface area contributed by atoms with Crippen LogP contribution in [-0.4, -0.2) is 18.9 Å². The van der Waals surface area contributed by atoms with E-state index in [0.717, 1.165) is 12.1 Å². The smallest absolute Gasteiger partial charge is 0.871 e. The monoisotopic (exact) mass is 309 g/mol. The molecular formula is C7H5K2NO6S. The van der Waals surface area contributed by atoms with Crippen LogP contribution >= 0.6 is 0 Å². The van der Waals surface area contributed by atoms with Gasteiger partial charge in [-0.3, -0.25) is 4.55 Å². The molecule has 0 unspecified atom stereocenters. The van der Waals surface area contributed by atoms with E-state index in [0.29, 0.717) is 0 Å². The average molecular weight is 309 g/mol. The van der Waals surface area contributed by atoms with Crippen LogP contribution in [0.25, 0.3) is 0 Å². The second-order valence-electron chi connectivity index (χ2n) is 2.62. The van der Waals surface area contributed by atoms with Gasteiger partial charge in [-0.05, 0) is 12.1 Å². The van der Waals surface area contributed by atoms with Crippen LogP contribution < -0.4 is 119 Å². The van der Waals surface area contributed by atoms with Crippen molar-refractivity contribution in [3.05, 3.63) is 17.7 Å². The zero-order valence-corrected chi connectivity index (χ0v) is 16.2. The van der Waals surface area contributed by atoms with Crippen LogP contribution in [0.5, 0.6) is 5.75 Å². The van der Waals surface area contributed by atoms with Gasteiger partial charge < -0.3 is 20.7 Å². The number of carbonyl (C=O) groups excluding carboxylic acids is 1. The molecule has 0 spiro atoms. The molecule has 0 radical (unpaired) electrons. The summed E-state index contributed by atoms with van der Waals surface area (Å²) in [5.74, 6) is -3.22. The standard InChI is InChI=1S/C7H7NO6S.2K/c8-3-1-2-4(15(12,13)14)5(6(3)9)7(10)11;;/h1-2,9H,8H2,(H,10,11)(H,12,13,14);;/q;2*+1/p-2. The molecule has 0 fully saturated rings. The molecule has 0 atom stereocenters. The van der Waals surface area contributed by atoms with Crippen molar-refractivity contribution >= 4 is 21.8 Å². The molecule has 82 valence electrons. The van der Waals surface area contributed by atoms with Crippen LogP contribution in [0, 0.1) is 0 Å². The minimum Gasteiger partial charge on any atom is -0.871 e. The van der Waals surface area contributed by atoms with Crippen molar-refractivity contribution in [1.82, 2.24) is 0 Å². The zero-order chi connectivity index (χ0) is 11.8. The average Bonchev–Trinajstić information content (AvgIpc) is 2.06. The van der Waals surface area contributed by atoms with Gasteiger partial charge in [0.1, 0.15) is 4.90 Å². The first-order valence-electron chi connectivity index (χ1n) is 3.53. The Morgan fingerprint density at radius 2 is 1.76 bits per heavy atom. The van der Waals surface area contributed by atoms with Crippen LogP contribution in [0.15, 0.2) is 17.0 Å². The molecule has 3 N–H and O–H groups in total. The number of carboxylic acids is 1. The van der Waals surface area contributed by atoms with E-state index in [4.69, 9.17) is 10.3 Å². The van der Waals surface area contributed by atoms with E-state index in [1.54, 1.807) is 0 Å². The summed E-state index contributed by atoms with van der Waals surface area (Å²) in [6, 6.07) is 1.61. The molecule has 1 rings (SSSR count). The molecular weight excluding hydrogens is 304 g/mol. The van der Waals surface area contributed by atoms with E-state index in [1.807, 2.05) is 0 Å². The van der Waals surface area contributed by atoms with Crippen LogP contribution in [0.4, 0.5) is 5.69 Å². The van der Waals surface area contributed by atoms with Crippen LogP contribution in [0.1, 0.15) is 10.4 Å². The van der Waals surface area contributed by atoms with Gasteiger partial charge in [-0.1, -0.05) is 5.75 Å². The number of carboxylic acid groups (broad SMARTS) is 1. The van der Waals surface area contributed by atoms with E-state index >= 15 is 0 Å². The summed E-state index contributed by atoms with van der Waals surface area (Å²) in [4.78, 5) is 9.47. The van der Waals surface area contributed by atoms with E-state index < -0.39 is 38.0 Å². The van der Waals surface area contributed by atoms with Gasteiger partial charge in [0.05, 0.1) is 5.97 Å². The van der Waals surface area contributed by atoms with Gasteiger partial charge in [0, 0.05) is 11.3 Å². The molecule has 7 nitrogen and oxygen atoms in total. The third kappa shape index (κ3) is 5.16. The molecule has 0 saturated carbocycles. The maximum absolute atomic E-state index is 11.2. The Labute approximate surface area is 182 Å². The first-order chi connectivity index (χ1) is 6.75. The molecule has 0 heterocycles. The van der Waals surface area contributed by atoms with Gasteiger partial charge in [0.15, 0.2) is 0 Å². The largest absolute Gasteiger partial charge is 1.00 e. The number of hydrogen-bond acceptors (Lipinski definition) is 6. The number of hydrogen-bond donors (Lipinski definition) is 2. The van der Waals surface area contributed by atoms with Gasteiger partial charge in [-0.15, -0.1) is 0 Å². The Balaban J connectivity index is 0. The zero-order valence-electron chi connectivity index (χ0n) is 9.13. The summed E-state index contributed by atoms with van der Waals surface area (Å²) >= 11 is 0. The van der Waals surface area contributed by atoms with Crippen molar-refractivity contribution in [2.45, 2.75) is 4.90 Å². The number of rotatable bonds is 2. The molecule has 10 heteroatoms. The predicted molar refractivity (Wildman–Crippen MR) is 44.4 cm³/mol. The first kappa shape index (κ1) is 20.8. The van der Waals surface area contributed by atoms with Gasteiger partial charge in [-0.2, -0.15) is 8.42 Å². The van der Waals surface area contributed by atoms with E-state index in [2.05, 4.69) is 0 Å². The number of nitrogens with two attached hydrogens (primary N) is 1. The third-order valence-electron chi connectivity index (χ3n) is 1.63. The number of carbonyl (C=O) groups is 1. The normalized spacial score (nSPS) is 9.94. The van der Waals surface area contributed by atoms with Crippen LogP contribution in [0.2, 0.25) is 0 Å². The quantitative estimate of drug-likeness (QED) is 0.313. The van der Waals surface area contributed by atoms with Crippen LogP contribution in [0.3, 0.4) is 0 Å².